The van der Waals surface area contributed by atoms with Gasteiger partial charge in [0.05, 0.1) is 24.6 Å². The van der Waals surface area contributed by atoms with Crippen LogP contribution in [0.25, 0.3) is 5.69 Å². The van der Waals surface area contributed by atoms with Gasteiger partial charge >= 0.3 is 0 Å². The number of nitrogens with zero attached hydrogens (tertiary/aromatic N) is 5. The molecule has 0 bridgehead atoms. The molecule has 1 aliphatic heterocycles. The topological polar surface area (TPSA) is 69.2 Å². The third kappa shape index (κ3) is 3.47. The first-order chi connectivity index (χ1) is 12.7. The Balaban J connectivity index is 1.69. The lowest BCUT2D eigenvalue weighted by atomic mass is 10.2. The summed E-state index contributed by atoms with van der Waals surface area (Å²) in [7, 11) is 0. The van der Waals surface area contributed by atoms with Crippen molar-refractivity contribution in [1.82, 2.24) is 19.9 Å². The number of benzene rings is 1. The fourth-order valence-corrected chi connectivity index (χ4v) is 3.79. The molecule has 8 heteroatoms. The van der Waals surface area contributed by atoms with Crippen LogP contribution >= 0.6 is 11.8 Å². The molecule has 1 aliphatic rings. The minimum absolute atomic E-state index is 0.685. The molecule has 1 saturated heterocycles. The molecule has 136 valence electrons. The van der Waals surface area contributed by atoms with E-state index in [1.165, 1.54) is 5.56 Å². The molecule has 0 saturated carbocycles. The van der Waals surface area contributed by atoms with Crippen molar-refractivity contribution in [3.05, 3.63) is 47.3 Å². The molecular weight excluding hydrogens is 350 g/mol. The Bertz CT molecular complexity index is 885. The minimum atomic E-state index is 0.685. The van der Waals surface area contributed by atoms with Crippen molar-refractivity contribution in [2.45, 2.75) is 24.8 Å². The zero-order valence-electron chi connectivity index (χ0n) is 14.9. The molecule has 3 aromatic rings. The highest BCUT2D eigenvalue weighted by Gasteiger charge is 2.22. The number of rotatable bonds is 5. The molecule has 3 heterocycles. The van der Waals surface area contributed by atoms with Gasteiger partial charge in [0.2, 0.25) is 5.95 Å². The van der Waals surface area contributed by atoms with E-state index in [0.29, 0.717) is 19.0 Å². The molecule has 2 aromatic heterocycles. The summed E-state index contributed by atoms with van der Waals surface area (Å²) < 4.78 is 12.8. The highest BCUT2D eigenvalue weighted by atomic mass is 32.2. The van der Waals surface area contributed by atoms with E-state index in [0.717, 1.165) is 41.3 Å². The summed E-state index contributed by atoms with van der Waals surface area (Å²) in [5.41, 5.74) is 3.18. The van der Waals surface area contributed by atoms with Crippen LogP contribution in [-0.2, 0) is 10.5 Å². The molecule has 0 N–H and O–H groups in total. The van der Waals surface area contributed by atoms with Gasteiger partial charge in [0.25, 0.3) is 0 Å². The van der Waals surface area contributed by atoms with Crippen molar-refractivity contribution in [3.8, 4) is 5.69 Å². The van der Waals surface area contributed by atoms with Gasteiger partial charge in [0, 0.05) is 24.9 Å². The van der Waals surface area contributed by atoms with Crippen LogP contribution in [0.5, 0.6) is 0 Å². The second-order valence-corrected chi connectivity index (χ2v) is 7.16. The van der Waals surface area contributed by atoms with Gasteiger partial charge in [-0.1, -0.05) is 35.1 Å². The van der Waals surface area contributed by atoms with E-state index in [-0.39, 0.29) is 0 Å². The Morgan fingerprint density at radius 2 is 1.92 bits per heavy atom. The number of thioether (sulfide) groups is 1. The van der Waals surface area contributed by atoms with E-state index < -0.39 is 0 Å². The standard InChI is InChI=1S/C18H21N5O2S/c1-13-5-3-4-6-16(13)23-17(22-7-9-24-10-8-22)19-20-18(23)26-12-15-11-14(2)25-21-15/h3-6,11H,7-10,12H2,1-2H3. The smallest absolute Gasteiger partial charge is 0.232 e. The van der Waals surface area contributed by atoms with Gasteiger partial charge in [-0.05, 0) is 25.5 Å². The number of aryl methyl sites for hydroxylation is 2. The molecule has 4 rings (SSSR count). The molecule has 1 aromatic carbocycles. The SMILES string of the molecule is Cc1cc(CSc2nnc(N3CCOCC3)n2-c2ccccc2C)no1. The Morgan fingerprint density at radius 1 is 1.12 bits per heavy atom. The first-order valence-corrected chi connectivity index (χ1v) is 9.60. The lowest BCUT2D eigenvalue weighted by Gasteiger charge is -2.28. The summed E-state index contributed by atoms with van der Waals surface area (Å²) in [5.74, 6) is 2.36. The van der Waals surface area contributed by atoms with Crippen LogP contribution in [-0.4, -0.2) is 46.2 Å². The second kappa shape index (κ2) is 7.51. The van der Waals surface area contributed by atoms with Gasteiger partial charge in [-0.25, -0.2) is 0 Å². The summed E-state index contributed by atoms with van der Waals surface area (Å²) >= 11 is 1.61. The number of anilines is 1. The Kier molecular flexibility index (Phi) is 4.94. The largest absolute Gasteiger partial charge is 0.378 e. The van der Waals surface area contributed by atoms with Gasteiger partial charge in [0.15, 0.2) is 5.16 Å². The molecule has 0 radical (unpaired) electrons. The van der Waals surface area contributed by atoms with Crippen LogP contribution < -0.4 is 4.90 Å². The van der Waals surface area contributed by atoms with Crippen molar-refractivity contribution in [3.63, 3.8) is 0 Å². The third-order valence-electron chi connectivity index (χ3n) is 4.29. The van der Waals surface area contributed by atoms with Gasteiger partial charge < -0.3 is 14.2 Å². The highest BCUT2D eigenvalue weighted by molar-refractivity contribution is 7.98. The number of morpholine rings is 1. The average Bonchev–Trinajstić information content (AvgIpc) is 3.27. The summed E-state index contributed by atoms with van der Waals surface area (Å²) in [4.78, 5) is 2.23. The third-order valence-corrected chi connectivity index (χ3v) is 5.26. The molecule has 0 aliphatic carbocycles. The van der Waals surface area contributed by atoms with E-state index in [2.05, 4.69) is 43.9 Å². The van der Waals surface area contributed by atoms with Gasteiger partial charge in [-0.2, -0.15) is 0 Å². The van der Waals surface area contributed by atoms with Crippen LogP contribution in [0.4, 0.5) is 5.95 Å². The molecule has 0 unspecified atom stereocenters. The van der Waals surface area contributed by atoms with Crippen molar-refractivity contribution < 1.29 is 9.26 Å². The number of ether oxygens (including phenoxy) is 1. The Labute approximate surface area is 156 Å². The van der Waals surface area contributed by atoms with Gasteiger partial charge in [0.1, 0.15) is 5.76 Å². The lowest BCUT2D eigenvalue weighted by molar-refractivity contribution is 0.122. The van der Waals surface area contributed by atoms with Crippen molar-refractivity contribution in [2.24, 2.45) is 0 Å². The fourth-order valence-electron chi connectivity index (χ4n) is 2.97. The maximum atomic E-state index is 5.48. The predicted octanol–water partition coefficient (Wildman–Crippen LogP) is 3.00. The Hall–Kier alpha value is -2.32. The molecule has 0 atom stereocenters. The van der Waals surface area contributed by atoms with Gasteiger partial charge in [-0.3, -0.25) is 4.57 Å². The first-order valence-electron chi connectivity index (χ1n) is 8.61. The van der Waals surface area contributed by atoms with Gasteiger partial charge in [-0.15, -0.1) is 10.2 Å². The molecule has 7 nitrogen and oxygen atoms in total. The zero-order chi connectivity index (χ0) is 17.9. The zero-order valence-corrected chi connectivity index (χ0v) is 15.7. The second-order valence-electron chi connectivity index (χ2n) is 6.22. The molecule has 1 fully saturated rings. The van der Waals surface area contributed by atoms with Crippen LogP contribution in [0.3, 0.4) is 0 Å². The number of hydrogen-bond acceptors (Lipinski definition) is 7. The first kappa shape index (κ1) is 17.1. The predicted molar refractivity (Wildman–Crippen MR) is 99.9 cm³/mol. The van der Waals surface area contributed by atoms with Crippen LogP contribution in [0.1, 0.15) is 17.0 Å². The fraction of sp³-hybridized carbons (Fsp3) is 0.389. The normalized spacial score (nSPS) is 14.8. The van der Waals surface area contributed by atoms with Crippen molar-refractivity contribution >= 4 is 17.7 Å². The maximum absolute atomic E-state index is 5.48. The van der Waals surface area contributed by atoms with Crippen LogP contribution in [0.2, 0.25) is 0 Å². The maximum Gasteiger partial charge on any atom is 0.232 e. The quantitative estimate of drug-likeness (QED) is 0.639. The van der Waals surface area contributed by atoms with E-state index in [9.17, 15) is 0 Å². The Morgan fingerprint density at radius 3 is 2.65 bits per heavy atom. The monoisotopic (exact) mass is 371 g/mol. The summed E-state index contributed by atoms with van der Waals surface area (Å²) in [5, 5.41) is 13.9. The van der Waals surface area contributed by atoms with Crippen LogP contribution in [0, 0.1) is 13.8 Å². The highest BCUT2D eigenvalue weighted by Crippen LogP contribution is 2.30. The molecular formula is C18H21N5O2S. The van der Waals surface area contributed by atoms with Crippen molar-refractivity contribution in [1.29, 1.82) is 0 Å². The number of hydrogen-bond donors (Lipinski definition) is 0. The molecule has 0 amide bonds. The van der Waals surface area contributed by atoms with Crippen molar-refractivity contribution in [2.75, 3.05) is 31.2 Å². The summed E-state index contributed by atoms with van der Waals surface area (Å²) in [6.45, 7) is 7.05. The molecule has 0 spiro atoms. The van der Waals surface area contributed by atoms with E-state index in [4.69, 9.17) is 9.26 Å². The van der Waals surface area contributed by atoms with Crippen LogP contribution in [0.15, 0.2) is 40.0 Å². The number of para-hydroxylation sites is 1. The minimum Gasteiger partial charge on any atom is -0.378 e. The van der Waals surface area contributed by atoms with E-state index in [1.54, 1.807) is 11.8 Å². The van der Waals surface area contributed by atoms with E-state index in [1.807, 2.05) is 25.1 Å². The summed E-state index contributed by atoms with van der Waals surface area (Å²) in [6.07, 6.45) is 0. The number of aromatic nitrogens is 4. The molecule has 26 heavy (non-hydrogen) atoms. The van der Waals surface area contributed by atoms with E-state index >= 15 is 0 Å². The summed E-state index contributed by atoms with van der Waals surface area (Å²) in [6, 6.07) is 10.2. The average molecular weight is 371 g/mol. The lowest BCUT2D eigenvalue weighted by Crippen LogP contribution is -2.38.